The molecule has 31 heavy (non-hydrogen) atoms. The Morgan fingerprint density at radius 2 is 1.68 bits per heavy atom. The number of aryl methyl sites for hydroxylation is 1. The maximum atomic E-state index is 12.2. The summed E-state index contributed by atoms with van der Waals surface area (Å²) in [6.07, 6.45) is 1.52. The zero-order valence-electron chi connectivity index (χ0n) is 17.3. The molecule has 7 nitrogen and oxygen atoms in total. The van der Waals surface area contributed by atoms with Crippen molar-refractivity contribution in [3.63, 3.8) is 0 Å². The van der Waals surface area contributed by atoms with Gasteiger partial charge in [0.25, 0.3) is 11.8 Å². The van der Waals surface area contributed by atoms with Crippen molar-refractivity contribution in [2.24, 2.45) is 5.10 Å². The van der Waals surface area contributed by atoms with Gasteiger partial charge in [0.05, 0.1) is 18.9 Å². The third-order valence-electron chi connectivity index (χ3n) is 4.40. The SMILES string of the molecule is COc1ccccc1C(=O)N/N=C\c1ccc(OCC(=O)Nc2ccccc2C)cc1. The summed E-state index contributed by atoms with van der Waals surface area (Å²) >= 11 is 0. The van der Waals surface area contributed by atoms with Crippen LogP contribution in [0.2, 0.25) is 0 Å². The number of hydrogen-bond donors (Lipinski definition) is 2. The first-order valence-corrected chi connectivity index (χ1v) is 9.61. The van der Waals surface area contributed by atoms with Crippen molar-refractivity contribution in [1.82, 2.24) is 5.43 Å². The number of para-hydroxylation sites is 2. The van der Waals surface area contributed by atoms with Crippen LogP contribution in [-0.4, -0.2) is 31.7 Å². The maximum absolute atomic E-state index is 12.2. The van der Waals surface area contributed by atoms with E-state index < -0.39 is 0 Å². The second-order valence-corrected chi connectivity index (χ2v) is 6.62. The molecule has 0 saturated heterocycles. The molecule has 0 aromatic heterocycles. The Morgan fingerprint density at radius 1 is 0.968 bits per heavy atom. The monoisotopic (exact) mass is 417 g/mol. The Kier molecular flexibility index (Phi) is 7.37. The zero-order valence-corrected chi connectivity index (χ0v) is 17.3. The van der Waals surface area contributed by atoms with Crippen LogP contribution in [0.5, 0.6) is 11.5 Å². The second kappa shape index (κ2) is 10.6. The number of ether oxygens (including phenoxy) is 2. The number of methoxy groups -OCH3 is 1. The van der Waals surface area contributed by atoms with Crippen molar-refractivity contribution in [3.05, 3.63) is 89.5 Å². The molecule has 3 aromatic rings. The predicted molar refractivity (Wildman–Crippen MR) is 120 cm³/mol. The first kappa shape index (κ1) is 21.6. The van der Waals surface area contributed by atoms with E-state index in [1.54, 1.807) is 48.5 Å². The van der Waals surface area contributed by atoms with E-state index in [0.29, 0.717) is 17.1 Å². The molecule has 0 unspecified atom stereocenters. The fourth-order valence-electron chi connectivity index (χ4n) is 2.76. The quantitative estimate of drug-likeness (QED) is 0.431. The standard InChI is InChI=1S/C24H23N3O4/c1-17-7-3-5-9-21(17)26-23(28)16-31-19-13-11-18(12-14-19)15-25-27-24(29)20-8-4-6-10-22(20)30-2/h3-15H,16H2,1-2H3,(H,26,28)(H,27,29)/b25-15-. The molecule has 0 atom stereocenters. The highest BCUT2D eigenvalue weighted by Gasteiger charge is 2.10. The number of nitrogens with zero attached hydrogens (tertiary/aromatic N) is 1. The Balaban J connectivity index is 1.49. The molecule has 0 radical (unpaired) electrons. The van der Waals surface area contributed by atoms with Crippen LogP contribution in [0.1, 0.15) is 21.5 Å². The summed E-state index contributed by atoms with van der Waals surface area (Å²) in [5, 5.41) is 6.78. The van der Waals surface area contributed by atoms with Crippen LogP contribution in [-0.2, 0) is 4.79 Å². The summed E-state index contributed by atoms with van der Waals surface area (Å²) in [5.41, 5.74) is 5.38. The first-order valence-electron chi connectivity index (χ1n) is 9.61. The van der Waals surface area contributed by atoms with E-state index in [9.17, 15) is 9.59 Å². The molecule has 0 saturated carbocycles. The molecule has 2 N–H and O–H groups in total. The van der Waals surface area contributed by atoms with E-state index >= 15 is 0 Å². The van der Waals surface area contributed by atoms with Gasteiger partial charge in [0.2, 0.25) is 0 Å². The normalized spacial score (nSPS) is 10.5. The van der Waals surface area contributed by atoms with Crippen LogP contribution in [0.3, 0.4) is 0 Å². The minimum absolute atomic E-state index is 0.100. The van der Waals surface area contributed by atoms with Crippen LogP contribution in [0.15, 0.2) is 77.9 Å². The lowest BCUT2D eigenvalue weighted by atomic mass is 10.2. The topological polar surface area (TPSA) is 89.0 Å². The number of hydrazone groups is 1. The van der Waals surface area contributed by atoms with Gasteiger partial charge in [-0.2, -0.15) is 5.10 Å². The van der Waals surface area contributed by atoms with Crippen LogP contribution >= 0.6 is 0 Å². The molecule has 3 rings (SSSR count). The van der Waals surface area contributed by atoms with Crippen molar-refractivity contribution >= 4 is 23.7 Å². The number of anilines is 1. The van der Waals surface area contributed by atoms with Crippen molar-refractivity contribution in [2.45, 2.75) is 6.92 Å². The smallest absolute Gasteiger partial charge is 0.275 e. The van der Waals surface area contributed by atoms with Crippen LogP contribution < -0.4 is 20.2 Å². The van der Waals surface area contributed by atoms with Crippen LogP contribution in [0.4, 0.5) is 5.69 Å². The van der Waals surface area contributed by atoms with Gasteiger partial charge in [0.15, 0.2) is 6.61 Å². The van der Waals surface area contributed by atoms with Gasteiger partial charge in [-0.15, -0.1) is 0 Å². The molecule has 7 heteroatoms. The number of carbonyl (C=O) groups is 2. The fourth-order valence-corrected chi connectivity index (χ4v) is 2.76. The van der Waals surface area contributed by atoms with Gasteiger partial charge in [0.1, 0.15) is 11.5 Å². The lowest BCUT2D eigenvalue weighted by molar-refractivity contribution is -0.118. The van der Waals surface area contributed by atoms with E-state index in [4.69, 9.17) is 9.47 Å². The largest absolute Gasteiger partial charge is 0.496 e. The Labute approximate surface area is 180 Å². The molecule has 2 amide bonds. The van der Waals surface area contributed by atoms with Crippen LogP contribution in [0, 0.1) is 6.92 Å². The highest BCUT2D eigenvalue weighted by atomic mass is 16.5. The summed E-state index contributed by atoms with van der Waals surface area (Å²) < 4.78 is 10.7. The summed E-state index contributed by atoms with van der Waals surface area (Å²) in [7, 11) is 1.51. The second-order valence-electron chi connectivity index (χ2n) is 6.62. The Hall–Kier alpha value is -4.13. The summed E-state index contributed by atoms with van der Waals surface area (Å²) in [6, 6.07) is 21.4. The van der Waals surface area contributed by atoms with Gasteiger partial charge in [0, 0.05) is 5.69 Å². The molecular weight excluding hydrogens is 394 g/mol. The fraction of sp³-hybridized carbons (Fsp3) is 0.125. The third kappa shape index (κ3) is 6.17. The Morgan fingerprint density at radius 3 is 2.42 bits per heavy atom. The number of amides is 2. The van der Waals surface area contributed by atoms with Gasteiger partial charge in [-0.05, 0) is 60.5 Å². The lowest BCUT2D eigenvalue weighted by Gasteiger charge is -2.09. The third-order valence-corrected chi connectivity index (χ3v) is 4.40. The number of hydrogen-bond acceptors (Lipinski definition) is 5. The molecule has 0 spiro atoms. The summed E-state index contributed by atoms with van der Waals surface area (Å²) in [6.45, 7) is 1.83. The number of benzene rings is 3. The van der Waals surface area contributed by atoms with Gasteiger partial charge >= 0.3 is 0 Å². The van der Waals surface area contributed by atoms with Gasteiger partial charge in [-0.25, -0.2) is 5.43 Å². The molecule has 0 aliphatic carbocycles. The minimum Gasteiger partial charge on any atom is -0.496 e. The molecular formula is C24H23N3O4. The van der Waals surface area contributed by atoms with Gasteiger partial charge in [-0.3, -0.25) is 9.59 Å². The van der Waals surface area contributed by atoms with Crippen molar-refractivity contribution in [3.8, 4) is 11.5 Å². The van der Waals surface area contributed by atoms with Crippen LogP contribution in [0.25, 0.3) is 0 Å². The average Bonchev–Trinajstić information content (AvgIpc) is 2.80. The molecule has 0 fully saturated rings. The van der Waals surface area contributed by atoms with E-state index in [2.05, 4.69) is 15.8 Å². The lowest BCUT2D eigenvalue weighted by Crippen LogP contribution is -2.20. The minimum atomic E-state index is -0.367. The average molecular weight is 417 g/mol. The van der Waals surface area contributed by atoms with Crippen molar-refractivity contribution in [1.29, 1.82) is 0 Å². The molecule has 0 bridgehead atoms. The molecule has 158 valence electrons. The highest BCUT2D eigenvalue weighted by Crippen LogP contribution is 2.17. The molecule has 0 aliphatic rings. The molecule has 3 aromatic carbocycles. The predicted octanol–water partition coefficient (Wildman–Crippen LogP) is 3.79. The van der Waals surface area contributed by atoms with E-state index in [1.807, 2.05) is 31.2 Å². The van der Waals surface area contributed by atoms with Gasteiger partial charge < -0.3 is 14.8 Å². The Bertz CT molecular complexity index is 1080. The first-order chi connectivity index (χ1) is 15.1. The zero-order chi connectivity index (χ0) is 22.1. The molecule has 0 aliphatic heterocycles. The molecule has 0 heterocycles. The maximum Gasteiger partial charge on any atom is 0.275 e. The van der Waals surface area contributed by atoms with E-state index in [0.717, 1.165) is 16.8 Å². The number of nitrogens with one attached hydrogen (secondary N) is 2. The van der Waals surface area contributed by atoms with E-state index in [1.165, 1.54) is 13.3 Å². The highest BCUT2D eigenvalue weighted by molar-refractivity contribution is 5.97. The summed E-state index contributed by atoms with van der Waals surface area (Å²) in [4.78, 5) is 24.3. The van der Waals surface area contributed by atoms with Crippen molar-refractivity contribution in [2.75, 3.05) is 19.0 Å². The van der Waals surface area contributed by atoms with E-state index in [-0.39, 0.29) is 18.4 Å². The summed E-state index contributed by atoms with van der Waals surface area (Å²) in [5.74, 6) is 0.422. The number of rotatable bonds is 8. The number of carbonyl (C=O) groups excluding carboxylic acids is 2. The van der Waals surface area contributed by atoms with Gasteiger partial charge in [-0.1, -0.05) is 30.3 Å². The van der Waals surface area contributed by atoms with Crippen molar-refractivity contribution < 1.29 is 19.1 Å².